The molecule has 2 aromatic carbocycles. The minimum absolute atomic E-state index is 0.144. The van der Waals surface area contributed by atoms with E-state index in [-0.39, 0.29) is 23.5 Å². The Hall–Kier alpha value is -4.01. The van der Waals surface area contributed by atoms with Gasteiger partial charge in [0, 0.05) is 31.1 Å². The highest BCUT2D eigenvalue weighted by Crippen LogP contribution is 2.32. The van der Waals surface area contributed by atoms with Crippen LogP contribution in [0.5, 0.6) is 0 Å². The Labute approximate surface area is 194 Å². The molecule has 4 aromatic rings. The van der Waals surface area contributed by atoms with E-state index in [2.05, 4.69) is 15.3 Å². The first kappa shape index (κ1) is 21.8. The number of imidazole rings is 1. The molecule has 0 saturated heterocycles. The van der Waals surface area contributed by atoms with E-state index in [0.29, 0.717) is 36.0 Å². The normalized spacial score (nSPS) is 13.4. The van der Waals surface area contributed by atoms with E-state index in [0.717, 1.165) is 23.0 Å². The number of hydrogen-bond donors (Lipinski definition) is 2. The van der Waals surface area contributed by atoms with E-state index in [4.69, 9.17) is 0 Å². The second kappa shape index (κ2) is 8.74. The number of benzene rings is 2. The predicted octanol–water partition coefficient (Wildman–Crippen LogP) is 3.03. The predicted molar refractivity (Wildman–Crippen MR) is 126 cm³/mol. The van der Waals surface area contributed by atoms with E-state index >= 15 is 0 Å². The average Bonchev–Trinajstić information content (AvgIpc) is 3.56. The summed E-state index contributed by atoms with van der Waals surface area (Å²) in [6.07, 6.45) is 2.65. The highest BCUT2D eigenvalue weighted by atomic mass is 19.1. The molecule has 9 heteroatoms. The van der Waals surface area contributed by atoms with Crippen LogP contribution in [0.15, 0.2) is 58.1 Å². The lowest BCUT2D eigenvalue weighted by Gasteiger charge is -2.10. The molecule has 2 N–H and O–H groups in total. The number of halogens is 1. The first-order valence-electron chi connectivity index (χ1n) is 11.2. The molecule has 174 valence electrons. The number of hydrogen-bond acceptors (Lipinski definition) is 4. The molecule has 0 aliphatic heterocycles. The minimum Gasteiger partial charge on any atom is -0.326 e. The highest BCUT2D eigenvalue weighted by Gasteiger charge is 2.26. The molecular formula is C25H24FN5O3. The van der Waals surface area contributed by atoms with Crippen LogP contribution in [-0.2, 0) is 24.3 Å². The first-order chi connectivity index (χ1) is 16.4. The Morgan fingerprint density at radius 2 is 1.85 bits per heavy atom. The Morgan fingerprint density at radius 3 is 2.53 bits per heavy atom. The van der Waals surface area contributed by atoms with Gasteiger partial charge in [-0.2, -0.15) is 0 Å². The van der Waals surface area contributed by atoms with Gasteiger partial charge in [0.15, 0.2) is 5.52 Å². The summed E-state index contributed by atoms with van der Waals surface area (Å²) in [5.41, 5.74) is 1.34. The van der Waals surface area contributed by atoms with Crippen LogP contribution in [-0.4, -0.2) is 25.0 Å². The summed E-state index contributed by atoms with van der Waals surface area (Å²) in [5.74, 6) is 0.541. The third-order valence-electron chi connectivity index (χ3n) is 6.03. The van der Waals surface area contributed by atoms with Crippen molar-refractivity contribution in [2.24, 2.45) is 5.92 Å². The molecule has 5 rings (SSSR count). The van der Waals surface area contributed by atoms with Crippen LogP contribution in [0, 0.1) is 11.7 Å². The van der Waals surface area contributed by atoms with E-state index in [1.54, 1.807) is 18.2 Å². The molecular weight excluding hydrogens is 437 g/mol. The summed E-state index contributed by atoms with van der Waals surface area (Å²) < 4.78 is 17.1. The van der Waals surface area contributed by atoms with Gasteiger partial charge in [-0.05, 0) is 42.5 Å². The monoisotopic (exact) mass is 461 g/mol. The van der Waals surface area contributed by atoms with Gasteiger partial charge in [-0.25, -0.2) is 14.2 Å². The number of nitrogens with one attached hydrogen (secondary N) is 2. The largest absolute Gasteiger partial charge is 0.330 e. The van der Waals surface area contributed by atoms with Crippen molar-refractivity contribution in [1.29, 1.82) is 0 Å². The summed E-state index contributed by atoms with van der Waals surface area (Å²) in [4.78, 5) is 44.8. The molecule has 1 saturated carbocycles. The van der Waals surface area contributed by atoms with Crippen molar-refractivity contribution in [2.45, 2.75) is 39.3 Å². The fraction of sp³-hybridized carbons (Fsp3) is 0.280. The van der Waals surface area contributed by atoms with Gasteiger partial charge in [-0.3, -0.25) is 19.1 Å². The molecule has 2 aromatic heterocycles. The quantitative estimate of drug-likeness (QED) is 0.442. The minimum atomic E-state index is -0.594. The Kier molecular flexibility index (Phi) is 5.61. The maximum Gasteiger partial charge on any atom is 0.330 e. The van der Waals surface area contributed by atoms with Gasteiger partial charge < -0.3 is 9.88 Å². The van der Waals surface area contributed by atoms with Crippen molar-refractivity contribution in [3.8, 4) is 0 Å². The van der Waals surface area contributed by atoms with Gasteiger partial charge in [-0.15, -0.1) is 0 Å². The second-order valence-electron chi connectivity index (χ2n) is 8.75. The zero-order valence-corrected chi connectivity index (χ0v) is 18.7. The zero-order valence-electron chi connectivity index (χ0n) is 18.7. The van der Waals surface area contributed by atoms with Crippen molar-refractivity contribution < 1.29 is 9.18 Å². The fourth-order valence-electron chi connectivity index (χ4n) is 4.09. The number of aromatic nitrogens is 4. The van der Waals surface area contributed by atoms with Gasteiger partial charge in [-0.1, -0.05) is 30.3 Å². The number of carbonyl (C=O) groups excluding carboxylic acids is 1. The molecule has 2 heterocycles. The van der Waals surface area contributed by atoms with Crippen molar-refractivity contribution >= 4 is 22.8 Å². The van der Waals surface area contributed by atoms with Gasteiger partial charge >= 0.3 is 5.69 Å². The Bertz CT molecular complexity index is 1500. The van der Waals surface area contributed by atoms with Crippen LogP contribution in [0.3, 0.4) is 0 Å². The zero-order chi connectivity index (χ0) is 23.8. The van der Waals surface area contributed by atoms with E-state index in [1.165, 1.54) is 13.0 Å². The van der Waals surface area contributed by atoms with Crippen LogP contribution >= 0.6 is 0 Å². The summed E-state index contributed by atoms with van der Waals surface area (Å²) in [6.45, 7) is 1.95. The number of carbonyl (C=O) groups is 1. The van der Waals surface area contributed by atoms with Crippen LogP contribution in [0.4, 0.5) is 10.1 Å². The fourth-order valence-corrected chi connectivity index (χ4v) is 4.09. The molecule has 1 fully saturated rings. The van der Waals surface area contributed by atoms with Crippen molar-refractivity contribution in [1.82, 2.24) is 19.1 Å². The summed E-state index contributed by atoms with van der Waals surface area (Å²) in [7, 11) is 0. The standard InChI is InChI=1S/C25H24FN5O3/c1-15(32)27-19-10-8-16(9-11-19)12-21-28-22-23(30(21)13-17-6-7-17)29-25(34)31(24(22)33)14-18-4-2-3-5-20(18)26/h2-5,8-11,17H,6-7,12-14H2,1H3,(H,27,32)(H,29,34). The summed E-state index contributed by atoms with van der Waals surface area (Å²) >= 11 is 0. The van der Waals surface area contributed by atoms with Crippen LogP contribution < -0.4 is 16.6 Å². The maximum atomic E-state index is 14.1. The number of aromatic amines is 1. The van der Waals surface area contributed by atoms with Crippen LogP contribution in [0.1, 0.15) is 36.7 Å². The van der Waals surface area contributed by atoms with E-state index in [9.17, 15) is 18.8 Å². The highest BCUT2D eigenvalue weighted by molar-refractivity contribution is 5.88. The van der Waals surface area contributed by atoms with Gasteiger partial charge in [0.25, 0.3) is 5.56 Å². The number of rotatable bonds is 7. The summed E-state index contributed by atoms with van der Waals surface area (Å²) in [6, 6.07) is 13.5. The molecule has 34 heavy (non-hydrogen) atoms. The SMILES string of the molecule is CC(=O)Nc1ccc(Cc2nc3c(=O)n(Cc4ccccc4F)c(=O)[nH]c3n2CC2CC2)cc1. The number of anilines is 1. The number of nitrogens with zero attached hydrogens (tertiary/aromatic N) is 3. The molecule has 0 bridgehead atoms. The molecule has 8 nitrogen and oxygen atoms in total. The molecule has 1 amide bonds. The molecule has 0 atom stereocenters. The van der Waals surface area contributed by atoms with Gasteiger partial charge in [0.1, 0.15) is 17.3 Å². The number of amides is 1. The molecule has 1 aliphatic rings. The first-order valence-corrected chi connectivity index (χ1v) is 11.2. The van der Waals surface area contributed by atoms with Crippen LogP contribution in [0.2, 0.25) is 0 Å². The van der Waals surface area contributed by atoms with Crippen molar-refractivity contribution in [2.75, 3.05) is 5.32 Å². The van der Waals surface area contributed by atoms with E-state index in [1.807, 2.05) is 28.8 Å². The lowest BCUT2D eigenvalue weighted by atomic mass is 10.1. The molecule has 0 spiro atoms. The second-order valence-corrected chi connectivity index (χ2v) is 8.75. The molecule has 0 unspecified atom stereocenters. The van der Waals surface area contributed by atoms with Crippen molar-refractivity contribution in [3.05, 3.63) is 92.1 Å². The van der Waals surface area contributed by atoms with E-state index < -0.39 is 17.1 Å². The van der Waals surface area contributed by atoms with Gasteiger partial charge in [0.05, 0.1) is 6.54 Å². The maximum absolute atomic E-state index is 14.1. The number of H-pyrrole nitrogens is 1. The Balaban J connectivity index is 1.54. The van der Waals surface area contributed by atoms with Crippen molar-refractivity contribution in [3.63, 3.8) is 0 Å². The number of fused-ring (bicyclic) bond motifs is 1. The lowest BCUT2D eigenvalue weighted by Crippen LogP contribution is -2.36. The topological polar surface area (TPSA) is 102 Å². The molecule has 0 radical (unpaired) electrons. The third kappa shape index (κ3) is 4.41. The molecule has 1 aliphatic carbocycles. The lowest BCUT2D eigenvalue weighted by molar-refractivity contribution is -0.114. The van der Waals surface area contributed by atoms with Crippen LogP contribution in [0.25, 0.3) is 11.2 Å². The average molecular weight is 461 g/mol. The Morgan fingerprint density at radius 1 is 1.12 bits per heavy atom. The van der Waals surface area contributed by atoms with Gasteiger partial charge in [0.2, 0.25) is 5.91 Å². The smallest absolute Gasteiger partial charge is 0.326 e. The summed E-state index contributed by atoms with van der Waals surface area (Å²) in [5, 5.41) is 2.74. The third-order valence-corrected chi connectivity index (χ3v) is 6.03.